The van der Waals surface area contributed by atoms with Crippen molar-refractivity contribution in [3.8, 4) is 0 Å². The zero-order valence-corrected chi connectivity index (χ0v) is 13.8. The monoisotopic (exact) mass is 330 g/mol. The molecule has 128 valence electrons. The van der Waals surface area contributed by atoms with Crippen molar-refractivity contribution in [3.05, 3.63) is 29.8 Å². The fraction of sp³-hybridized carbons (Fsp3) is 0.500. The number of carboxylic acids is 1. The van der Waals surface area contributed by atoms with E-state index < -0.39 is 23.2 Å². The number of aliphatic carboxylic acids is 1. The lowest BCUT2D eigenvalue weighted by Gasteiger charge is -2.12. The molecule has 1 aromatic rings. The Morgan fingerprint density at radius 2 is 1.83 bits per heavy atom. The van der Waals surface area contributed by atoms with Gasteiger partial charge in [-0.2, -0.15) is 0 Å². The zero-order valence-electron chi connectivity index (χ0n) is 13.8. The van der Waals surface area contributed by atoms with Gasteiger partial charge in [0.25, 0.3) is 0 Å². The largest absolute Gasteiger partial charge is 0.481 e. The minimum atomic E-state index is -0.947. The molecule has 0 aliphatic heterocycles. The van der Waals surface area contributed by atoms with E-state index in [0.717, 1.165) is 18.4 Å². The van der Waals surface area contributed by atoms with Gasteiger partial charge < -0.3 is 15.7 Å². The molecule has 24 heavy (non-hydrogen) atoms. The molecule has 3 N–H and O–H groups in total. The maximum absolute atomic E-state index is 12.5. The molecule has 0 bridgehead atoms. The minimum Gasteiger partial charge on any atom is -0.481 e. The maximum Gasteiger partial charge on any atom is 0.307 e. The second-order valence-electron chi connectivity index (χ2n) is 7.28. The zero-order chi connectivity index (χ0) is 17.5. The van der Waals surface area contributed by atoms with E-state index in [1.165, 1.54) is 0 Å². The number of anilines is 1. The van der Waals surface area contributed by atoms with Crippen LogP contribution in [0.15, 0.2) is 24.3 Å². The molecular formula is C18H22N2O4. The molecule has 1 aromatic carbocycles. The van der Waals surface area contributed by atoms with Gasteiger partial charge in [0, 0.05) is 11.7 Å². The number of para-hydroxylation sites is 1. The molecule has 0 unspecified atom stereocenters. The quantitative estimate of drug-likeness (QED) is 0.741. The number of carboxylic acid groups (broad SMARTS) is 1. The molecule has 2 amide bonds. The summed E-state index contributed by atoms with van der Waals surface area (Å²) in [5.41, 5.74) is 0.753. The average Bonchev–Trinajstić information content (AvgIpc) is 3.38. The Hall–Kier alpha value is -2.37. The highest BCUT2D eigenvalue weighted by atomic mass is 16.4. The van der Waals surface area contributed by atoms with Crippen LogP contribution in [-0.4, -0.2) is 28.9 Å². The Morgan fingerprint density at radius 3 is 2.42 bits per heavy atom. The first-order valence-corrected chi connectivity index (χ1v) is 8.21. The van der Waals surface area contributed by atoms with Crippen LogP contribution in [0, 0.1) is 17.3 Å². The van der Waals surface area contributed by atoms with Crippen molar-refractivity contribution in [2.45, 2.75) is 39.2 Å². The van der Waals surface area contributed by atoms with Crippen LogP contribution in [0.25, 0.3) is 0 Å². The van der Waals surface area contributed by atoms with Gasteiger partial charge in [-0.05, 0) is 29.9 Å². The summed E-state index contributed by atoms with van der Waals surface area (Å²) in [6.07, 6.45) is 2.25. The maximum atomic E-state index is 12.5. The average molecular weight is 330 g/mol. The van der Waals surface area contributed by atoms with Crippen LogP contribution < -0.4 is 10.6 Å². The number of amides is 2. The van der Waals surface area contributed by atoms with Gasteiger partial charge in [0.2, 0.25) is 11.8 Å². The highest BCUT2D eigenvalue weighted by Crippen LogP contribution is 2.58. The number of carbonyl (C=O) groups is 3. The fourth-order valence-corrected chi connectivity index (χ4v) is 3.27. The van der Waals surface area contributed by atoms with Gasteiger partial charge in [-0.3, -0.25) is 14.4 Å². The van der Waals surface area contributed by atoms with Gasteiger partial charge in [0.05, 0.1) is 18.3 Å². The molecule has 0 heterocycles. The van der Waals surface area contributed by atoms with Crippen molar-refractivity contribution in [1.29, 1.82) is 0 Å². The van der Waals surface area contributed by atoms with Crippen LogP contribution in [0.4, 0.5) is 5.69 Å². The summed E-state index contributed by atoms with van der Waals surface area (Å²) in [5, 5.41) is 14.9. The molecule has 0 saturated heterocycles. The Labute approximate surface area is 140 Å². The number of hydrogen-bond donors (Lipinski definition) is 3. The number of rotatable bonds is 6. The van der Waals surface area contributed by atoms with Gasteiger partial charge in [-0.25, -0.2) is 0 Å². The van der Waals surface area contributed by atoms with Gasteiger partial charge in [0.15, 0.2) is 0 Å². The van der Waals surface area contributed by atoms with Crippen molar-refractivity contribution in [2.24, 2.45) is 17.3 Å². The van der Waals surface area contributed by atoms with Crippen molar-refractivity contribution in [1.82, 2.24) is 5.32 Å². The predicted molar refractivity (Wildman–Crippen MR) is 88.3 cm³/mol. The van der Waals surface area contributed by atoms with E-state index >= 15 is 0 Å². The SMILES string of the molecule is CC1(C)[C@H](C(=O)O)[C@H]1C(=O)Nc1ccccc1CC(=O)NC1CC1. The van der Waals surface area contributed by atoms with Crippen LogP contribution in [0.1, 0.15) is 32.3 Å². The molecule has 0 spiro atoms. The van der Waals surface area contributed by atoms with Crippen molar-refractivity contribution < 1.29 is 19.5 Å². The molecule has 3 rings (SSSR count). The first-order chi connectivity index (χ1) is 11.3. The summed E-state index contributed by atoms with van der Waals surface area (Å²) in [6.45, 7) is 3.57. The van der Waals surface area contributed by atoms with Gasteiger partial charge in [-0.1, -0.05) is 32.0 Å². The minimum absolute atomic E-state index is 0.0608. The third-order valence-corrected chi connectivity index (χ3v) is 4.94. The van der Waals surface area contributed by atoms with E-state index in [1.807, 2.05) is 6.07 Å². The summed E-state index contributed by atoms with van der Waals surface area (Å²) in [4.78, 5) is 35.7. The predicted octanol–water partition coefficient (Wildman–Crippen LogP) is 1.80. The standard InChI is InChI=1S/C18H22N2O4/c1-18(2)14(15(18)17(23)24)16(22)20-12-6-4-3-5-10(12)9-13(21)19-11-7-8-11/h3-6,11,14-15H,7-9H2,1-2H3,(H,19,21)(H,20,22)(H,23,24)/t14-,15-/m0/s1. The normalized spacial score (nSPS) is 24.1. The van der Waals surface area contributed by atoms with E-state index in [2.05, 4.69) is 10.6 Å². The second-order valence-corrected chi connectivity index (χ2v) is 7.28. The highest BCUT2D eigenvalue weighted by Gasteiger charge is 2.65. The number of hydrogen-bond acceptors (Lipinski definition) is 3. The van der Waals surface area contributed by atoms with Crippen LogP contribution in [0.5, 0.6) is 0 Å². The topological polar surface area (TPSA) is 95.5 Å². The second kappa shape index (κ2) is 5.92. The van der Waals surface area contributed by atoms with Gasteiger partial charge in [0.1, 0.15) is 0 Å². The van der Waals surface area contributed by atoms with E-state index in [-0.39, 0.29) is 18.2 Å². The fourth-order valence-electron chi connectivity index (χ4n) is 3.27. The number of benzene rings is 1. The van der Waals surface area contributed by atoms with Crippen molar-refractivity contribution in [3.63, 3.8) is 0 Å². The Balaban J connectivity index is 1.68. The molecule has 2 fully saturated rings. The molecule has 2 saturated carbocycles. The third-order valence-electron chi connectivity index (χ3n) is 4.94. The lowest BCUT2D eigenvalue weighted by molar-refractivity contribution is -0.140. The summed E-state index contributed by atoms with van der Waals surface area (Å²) in [6, 6.07) is 7.43. The summed E-state index contributed by atoms with van der Waals surface area (Å²) >= 11 is 0. The Kier molecular flexibility index (Phi) is 4.07. The summed E-state index contributed by atoms with van der Waals surface area (Å²) in [7, 11) is 0. The van der Waals surface area contributed by atoms with Gasteiger partial charge in [-0.15, -0.1) is 0 Å². The lowest BCUT2D eigenvalue weighted by Crippen LogP contribution is -2.27. The Morgan fingerprint density at radius 1 is 1.17 bits per heavy atom. The highest BCUT2D eigenvalue weighted by molar-refractivity contribution is 6.00. The molecule has 0 aromatic heterocycles. The van der Waals surface area contributed by atoms with Crippen LogP contribution in [0.2, 0.25) is 0 Å². The molecular weight excluding hydrogens is 308 g/mol. The number of nitrogens with one attached hydrogen (secondary N) is 2. The third kappa shape index (κ3) is 3.27. The smallest absolute Gasteiger partial charge is 0.307 e. The summed E-state index contributed by atoms with van der Waals surface area (Å²) in [5.74, 6) is -2.53. The molecule has 6 nitrogen and oxygen atoms in total. The van der Waals surface area contributed by atoms with Crippen LogP contribution in [0.3, 0.4) is 0 Å². The summed E-state index contributed by atoms with van der Waals surface area (Å²) < 4.78 is 0. The van der Waals surface area contributed by atoms with E-state index in [1.54, 1.807) is 32.0 Å². The molecule has 2 atom stereocenters. The first-order valence-electron chi connectivity index (χ1n) is 8.21. The molecule has 6 heteroatoms. The molecule has 2 aliphatic carbocycles. The van der Waals surface area contributed by atoms with Gasteiger partial charge >= 0.3 is 5.97 Å². The molecule has 0 radical (unpaired) electrons. The van der Waals surface area contributed by atoms with Crippen LogP contribution in [-0.2, 0) is 20.8 Å². The Bertz CT molecular complexity index is 694. The van der Waals surface area contributed by atoms with Crippen molar-refractivity contribution in [2.75, 3.05) is 5.32 Å². The number of carbonyl (C=O) groups excluding carboxylic acids is 2. The molecule has 2 aliphatic rings. The van der Waals surface area contributed by atoms with Crippen molar-refractivity contribution >= 4 is 23.5 Å². The van der Waals surface area contributed by atoms with E-state index in [4.69, 9.17) is 0 Å². The first kappa shape index (κ1) is 16.5. The lowest BCUT2D eigenvalue weighted by atomic mass is 10.1. The van der Waals surface area contributed by atoms with E-state index in [0.29, 0.717) is 11.7 Å². The van der Waals surface area contributed by atoms with E-state index in [9.17, 15) is 19.5 Å². The van der Waals surface area contributed by atoms with Crippen LogP contribution >= 0.6 is 0 Å².